The van der Waals surface area contributed by atoms with E-state index >= 15 is 0 Å². The van der Waals surface area contributed by atoms with Gasteiger partial charge in [0.05, 0.1) is 24.3 Å². The minimum absolute atomic E-state index is 0.0490. The van der Waals surface area contributed by atoms with Gasteiger partial charge in [-0.25, -0.2) is 12.8 Å². The van der Waals surface area contributed by atoms with Gasteiger partial charge in [0.1, 0.15) is 16.5 Å². The van der Waals surface area contributed by atoms with E-state index in [4.69, 9.17) is 4.74 Å². The number of hydrogen-bond donors (Lipinski definition) is 1. The van der Waals surface area contributed by atoms with Gasteiger partial charge in [-0.3, -0.25) is 4.79 Å². The van der Waals surface area contributed by atoms with Gasteiger partial charge >= 0.3 is 6.18 Å². The second-order valence-electron chi connectivity index (χ2n) is 7.03. The van der Waals surface area contributed by atoms with E-state index in [1.807, 2.05) is 0 Å². The van der Waals surface area contributed by atoms with Crippen molar-refractivity contribution in [3.63, 3.8) is 0 Å². The fraction of sp³-hybridized carbons (Fsp3) is 0.350. The van der Waals surface area contributed by atoms with E-state index in [-0.39, 0.29) is 23.7 Å². The monoisotopic (exact) mass is 460 g/mol. The molecule has 168 valence electrons. The molecular weight excluding hydrogens is 440 g/mol. The zero-order valence-electron chi connectivity index (χ0n) is 16.4. The van der Waals surface area contributed by atoms with Crippen LogP contribution in [0.1, 0.15) is 18.4 Å². The van der Waals surface area contributed by atoms with Crippen molar-refractivity contribution in [1.29, 1.82) is 0 Å². The molecule has 1 fully saturated rings. The summed E-state index contributed by atoms with van der Waals surface area (Å²) in [5.74, 6) is -2.41. The van der Waals surface area contributed by atoms with Gasteiger partial charge < -0.3 is 10.1 Å². The number of halogens is 4. The molecule has 0 unspecified atom stereocenters. The molecule has 0 bridgehead atoms. The number of piperidine rings is 1. The predicted octanol–water partition coefficient (Wildman–Crippen LogP) is 3.89. The van der Waals surface area contributed by atoms with Crippen LogP contribution in [0, 0.1) is 11.7 Å². The Labute approximate surface area is 176 Å². The minimum atomic E-state index is -4.65. The van der Waals surface area contributed by atoms with Gasteiger partial charge in [-0.1, -0.05) is 12.1 Å². The number of ether oxygens (including phenoxy) is 1. The molecule has 1 heterocycles. The zero-order valence-corrected chi connectivity index (χ0v) is 17.3. The van der Waals surface area contributed by atoms with Gasteiger partial charge in [-0.2, -0.15) is 17.5 Å². The van der Waals surface area contributed by atoms with E-state index < -0.39 is 45.1 Å². The summed E-state index contributed by atoms with van der Waals surface area (Å²) < 4.78 is 85.3. The lowest BCUT2D eigenvalue weighted by Crippen LogP contribution is -2.43. The third kappa shape index (κ3) is 4.99. The Hall–Kier alpha value is -2.66. The Bertz CT molecular complexity index is 1070. The van der Waals surface area contributed by atoms with Crippen molar-refractivity contribution in [3.05, 3.63) is 53.8 Å². The molecule has 0 aliphatic carbocycles. The smallest absolute Gasteiger partial charge is 0.418 e. The number of hydrogen-bond acceptors (Lipinski definition) is 4. The molecular formula is C20H20F4N2O4S. The number of carbonyl (C=O) groups excluding carboxylic acids is 1. The average Bonchev–Trinajstić information content (AvgIpc) is 2.73. The number of methoxy groups -OCH3 is 1. The molecule has 1 atom stereocenters. The lowest BCUT2D eigenvalue weighted by Gasteiger charge is -2.31. The molecule has 1 saturated heterocycles. The first kappa shape index (κ1) is 23.0. The summed E-state index contributed by atoms with van der Waals surface area (Å²) >= 11 is 0. The Morgan fingerprint density at radius 1 is 1.19 bits per heavy atom. The van der Waals surface area contributed by atoms with Gasteiger partial charge in [0, 0.05) is 13.1 Å². The summed E-state index contributed by atoms with van der Waals surface area (Å²) in [5, 5.41) is 2.27. The lowest BCUT2D eigenvalue weighted by molar-refractivity contribution is -0.137. The van der Waals surface area contributed by atoms with Crippen LogP contribution in [0.15, 0.2) is 47.4 Å². The number of nitrogens with zero attached hydrogens (tertiary/aromatic N) is 1. The highest BCUT2D eigenvalue weighted by atomic mass is 32.2. The van der Waals surface area contributed by atoms with E-state index in [9.17, 15) is 30.8 Å². The van der Waals surface area contributed by atoms with Crippen LogP contribution in [0.2, 0.25) is 0 Å². The van der Waals surface area contributed by atoms with Crippen molar-refractivity contribution in [2.45, 2.75) is 23.9 Å². The molecule has 3 rings (SSSR count). The fourth-order valence-corrected chi connectivity index (χ4v) is 5.13. The number of amides is 1. The van der Waals surface area contributed by atoms with Crippen molar-refractivity contribution in [3.8, 4) is 5.75 Å². The lowest BCUT2D eigenvalue weighted by atomic mass is 9.98. The van der Waals surface area contributed by atoms with Crippen LogP contribution in [0.4, 0.5) is 23.2 Å². The molecule has 6 nitrogen and oxygen atoms in total. The number of para-hydroxylation sites is 1. The van der Waals surface area contributed by atoms with Gasteiger partial charge in [0.15, 0.2) is 0 Å². The van der Waals surface area contributed by atoms with E-state index in [0.29, 0.717) is 12.8 Å². The molecule has 0 aromatic heterocycles. The second kappa shape index (κ2) is 8.83. The molecule has 2 aromatic carbocycles. The number of benzene rings is 2. The van der Waals surface area contributed by atoms with Crippen molar-refractivity contribution in [2.75, 3.05) is 25.5 Å². The fourth-order valence-electron chi connectivity index (χ4n) is 3.44. The quantitative estimate of drug-likeness (QED) is 0.687. The third-order valence-electron chi connectivity index (χ3n) is 4.99. The maximum atomic E-state index is 13.7. The topological polar surface area (TPSA) is 75.7 Å². The highest BCUT2D eigenvalue weighted by molar-refractivity contribution is 7.89. The minimum Gasteiger partial charge on any atom is -0.495 e. The maximum absolute atomic E-state index is 13.7. The van der Waals surface area contributed by atoms with Crippen LogP contribution >= 0.6 is 0 Å². The van der Waals surface area contributed by atoms with E-state index in [1.54, 1.807) is 0 Å². The molecule has 2 aromatic rings. The number of sulfonamides is 1. The molecule has 1 N–H and O–H groups in total. The van der Waals surface area contributed by atoms with E-state index in [2.05, 4.69) is 5.32 Å². The molecule has 0 spiro atoms. The Morgan fingerprint density at radius 3 is 2.58 bits per heavy atom. The van der Waals surface area contributed by atoms with Crippen LogP contribution in [0.25, 0.3) is 0 Å². The van der Waals surface area contributed by atoms with Gasteiger partial charge in [0.2, 0.25) is 15.9 Å². The Kier molecular flexibility index (Phi) is 6.56. The van der Waals surface area contributed by atoms with Gasteiger partial charge in [0.25, 0.3) is 0 Å². The van der Waals surface area contributed by atoms with Crippen molar-refractivity contribution in [1.82, 2.24) is 4.31 Å². The first-order valence-electron chi connectivity index (χ1n) is 9.35. The van der Waals surface area contributed by atoms with Crippen molar-refractivity contribution >= 4 is 21.6 Å². The SMILES string of the molecule is COc1ccc(F)cc1S(=O)(=O)N1CCC[C@@H](C(=O)Nc2ccccc2C(F)(F)F)C1. The van der Waals surface area contributed by atoms with Crippen LogP contribution < -0.4 is 10.1 Å². The second-order valence-corrected chi connectivity index (χ2v) is 8.94. The first-order valence-corrected chi connectivity index (χ1v) is 10.8. The number of nitrogens with one attached hydrogen (secondary N) is 1. The van der Waals surface area contributed by atoms with Crippen LogP contribution in [-0.4, -0.2) is 38.8 Å². The number of carbonyl (C=O) groups is 1. The number of anilines is 1. The van der Waals surface area contributed by atoms with Crippen LogP contribution in [0.5, 0.6) is 5.75 Å². The molecule has 1 aliphatic rings. The summed E-state index contributed by atoms with van der Waals surface area (Å²) in [7, 11) is -2.94. The average molecular weight is 460 g/mol. The molecule has 0 saturated carbocycles. The normalized spacial score (nSPS) is 17.9. The summed E-state index contributed by atoms with van der Waals surface area (Å²) in [6, 6.07) is 7.63. The highest BCUT2D eigenvalue weighted by Crippen LogP contribution is 2.35. The molecule has 1 amide bonds. The maximum Gasteiger partial charge on any atom is 0.418 e. The number of alkyl halides is 3. The Balaban J connectivity index is 1.81. The molecule has 1 aliphatic heterocycles. The van der Waals surface area contributed by atoms with Crippen molar-refractivity contribution in [2.24, 2.45) is 5.92 Å². The van der Waals surface area contributed by atoms with E-state index in [1.165, 1.54) is 25.3 Å². The molecule has 31 heavy (non-hydrogen) atoms. The standard InChI is InChI=1S/C20H20F4N2O4S/c1-30-17-9-8-14(21)11-18(17)31(28,29)26-10-4-5-13(12-26)19(27)25-16-7-3-2-6-15(16)20(22,23)24/h2-3,6-9,11,13H,4-5,10,12H2,1H3,(H,25,27)/t13-/m1/s1. The van der Waals surface area contributed by atoms with Crippen molar-refractivity contribution < 1.29 is 35.5 Å². The predicted molar refractivity (Wildman–Crippen MR) is 105 cm³/mol. The van der Waals surface area contributed by atoms with Crippen LogP contribution in [-0.2, 0) is 21.0 Å². The largest absolute Gasteiger partial charge is 0.495 e. The van der Waals surface area contributed by atoms with Crippen LogP contribution in [0.3, 0.4) is 0 Å². The summed E-state index contributed by atoms with van der Waals surface area (Å²) in [5.41, 5.74) is -1.39. The first-order chi connectivity index (χ1) is 14.5. The summed E-state index contributed by atoms with van der Waals surface area (Å²) in [6.45, 7) is -0.160. The number of rotatable bonds is 5. The van der Waals surface area contributed by atoms with Gasteiger partial charge in [-0.05, 0) is 43.2 Å². The van der Waals surface area contributed by atoms with E-state index in [0.717, 1.165) is 28.6 Å². The zero-order chi connectivity index (χ0) is 22.8. The molecule has 11 heteroatoms. The highest BCUT2D eigenvalue weighted by Gasteiger charge is 2.37. The Morgan fingerprint density at radius 2 is 1.90 bits per heavy atom. The van der Waals surface area contributed by atoms with Gasteiger partial charge in [-0.15, -0.1) is 0 Å². The summed E-state index contributed by atoms with van der Waals surface area (Å²) in [4.78, 5) is 12.3. The summed E-state index contributed by atoms with van der Waals surface area (Å²) in [6.07, 6.45) is -4.04. The third-order valence-corrected chi connectivity index (χ3v) is 6.88. The molecule has 0 radical (unpaired) electrons.